The quantitative estimate of drug-likeness (QED) is 0.546. The number of nitrogens with one attached hydrogen (secondary N) is 1. The standard InChI is InChI=1S/C27H31F2N3O5/c1-37-26-23-17(25(34)18(27(35)36)14-32(23)16-6-7-16)12-20(29)24(26)31-11-3-4-15(13-31)19(28)8-9-22(33)21-5-2-10-30-21/h12,14,16,21,30H,2-11,13H2,1H3,(H,35,36)/b19-15+/t21-/m0/s1. The van der Waals surface area contributed by atoms with E-state index in [2.05, 4.69) is 5.32 Å². The maximum absolute atomic E-state index is 15.6. The third-order valence-corrected chi connectivity index (χ3v) is 7.60. The molecular weight excluding hydrogens is 484 g/mol. The van der Waals surface area contributed by atoms with Gasteiger partial charge in [0.15, 0.2) is 11.6 Å². The number of rotatable bonds is 8. The predicted molar refractivity (Wildman–Crippen MR) is 135 cm³/mol. The van der Waals surface area contributed by atoms with Gasteiger partial charge in [0.2, 0.25) is 5.43 Å². The fourth-order valence-electron chi connectivity index (χ4n) is 5.55. The number of ether oxygens (including phenoxy) is 1. The largest absolute Gasteiger partial charge is 0.492 e. The molecule has 3 aliphatic rings. The number of hydrogen-bond donors (Lipinski definition) is 2. The van der Waals surface area contributed by atoms with Crippen LogP contribution in [0.5, 0.6) is 5.75 Å². The van der Waals surface area contributed by atoms with Crippen LogP contribution in [-0.4, -0.2) is 54.2 Å². The molecule has 3 fully saturated rings. The number of anilines is 1. The molecule has 198 valence electrons. The minimum Gasteiger partial charge on any atom is -0.492 e. The molecule has 3 heterocycles. The number of aromatic carboxylic acids is 1. The number of carboxylic acid groups (broad SMARTS) is 1. The van der Waals surface area contributed by atoms with E-state index in [-0.39, 0.29) is 59.9 Å². The SMILES string of the molecule is COc1c(N2CCC/C(=C(\F)CCC(=O)[C@@H]3CCCN3)C2)c(F)cc2c(=O)c(C(=O)O)cn(C3CC3)c12. The molecule has 37 heavy (non-hydrogen) atoms. The van der Waals surface area contributed by atoms with Gasteiger partial charge in [-0.1, -0.05) is 0 Å². The van der Waals surface area contributed by atoms with E-state index in [1.54, 1.807) is 9.47 Å². The first-order valence-corrected chi connectivity index (χ1v) is 12.9. The lowest BCUT2D eigenvalue weighted by atomic mass is 9.99. The Balaban J connectivity index is 1.49. The Morgan fingerprint density at radius 1 is 1.22 bits per heavy atom. The number of methoxy groups -OCH3 is 1. The van der Waals surface area contributed by atoms with Crippen molar-refractivity contribution in [1.82, 2.24) is 9.88 Å². The zero-order valence-electron chi connectivity index (χ0n) is 20.8. The summed E-state index contributed by atoms with van der Waals surface area (Å²) in [7, 11) is 1.38. The average molecular weight is 516 g/mol. The highest BCUT2D eigenvalue weighted by molar-refractivity contribution is 5.97. The van der Waals surface area contributed by atoms with Gasteiger partial charge in [0.1, 0.15) is 22.9 Å². The number of aromatic nitrogens is 1. The summed E-state index contributed by atoms with van der Waals surface area (Å²) in [5.41, 5.74) is -0.178. The molecule has 2 saturated heterocycles. The Kier molecular flexibility index (Phi) is 7.02. The maximum Gasteiger partial charge on any atom is 0.341 e. The second-order valence-electron chi connectivity index (χ2n) is 10.1. The fraction of sp³-hybridized carbons (Fsp3) is 0.519. The van der Waals surface area contributed by atoms with Crippen LogP contribution >= 0.6 is 0 Å². The van der Waals surface area contributed by atoms with Gasteiger partial charge in [-0.05, 0) is 56.7 Å². The third-order valence-electron chi connectivity index (χ3n) is 7.60. The van der Waals surface area contributed by atoms with E-state index in [1.165, 1.54) is 13.3 Å². The highest BCUT2D eigenvalue weighted by Crippen LogP contribution is 2.44. The molecule has 0 spiro atoms. The van der Waals surface area contributed by atoms with Gasteiger partial charge < -0.3 is 24.6 Å². The summed E-state index contributed by atoms with van der Waals surface area (Å²) in [6, 6.07) is 0.875. The summed E-state index contributed by atoms with van der Waals surface area (Å²) in [4.78, 5) is 38.7. The zero-order chi connectivity index (χ0) is 26.3. The second-order valence-corrected chi connectivity index (χ2v) is 10.1. The first-order chi connectivity index (χ1) is 17.8. The molecule has 2 aromatic rings. The number of pyridine rings is 1. The van der Waals surface area contributed by atoms with Crippen molar-refractivity contribution in [1.29, 1.82) is 0 Å². The minimum atomic E-state index is -1.37. The van der Waals surface area contributed by atoms with Crippen LogP contribution in [0.2, 0.25) is 0 Å². The van der Waals surface area contributed by atoms with Crippen LogP contribution in [-0.2, 0) is 4.79 Å². The van der Waals surface area contributed by atoms with Crippen LogP contribution < -0.4 is 20.4 Å². The van der Waals surface area contributed by atoms with Gasteiger partial charge in [-0.2, -0.15) is 0 Å². The topological polar surface area (TPSA) is 101 Å². The number of carboxylic acids is 1. The number of benzene rings is 1. The molecule has 0 radical (unpaired) electrons. The smallest absolute Gasteiger partial charge is 0.341 e. The van der Waals surface area contributed by atoms with Gasteiger partial charge >= 0.3 is 5.97 Å². The van der Waals surface area contributed by atoms with Gasteiger partial charge in [0.05, 0.1) is 24.1 Å². The van der Waals surface area contributed by atoms with E-state index in [1.807, 2.05) is 0 Å². The van der Waals surface area contributed by atoms with E-state index in [9.17, 15) is 19.5 Å². The van der Waals surface area contributed by atoms with Crippen LogP contribution in [0.15, 0.2) is 28.5 Å². The van der Waals surface area contributed by atoms with Crippen LogP contribution in [0.1, 0.15) is 67.8 Å². The number of piperidine rings is 1. The number of carbonyl (C=O) groups is 2. The van der Waals surface area contributed by atoms with Crippen molar-refractivity contribution in [2.75, 3.05) is 31.6 Å². The van der Waals surface area contributed by atoms with Crippen molar-refractivity contribution in [2.45, 2.75) is 63.5 Å². The van der Waals surface area contributed by atoms with Gasteiger partial charge in [-0.15, -0.1) is 0 Å². The fourth-order valence-corrected chi connectivity index (χ4v) is 5.55. The molecule has 5 rings (SSSR count). The molecule has 1 atom stereocenters. The van der Waals surface area contributed by atoms with Crippen molar-refractivity contribution in [2.24, 2.45) is 0 Å². The van der Waals surface area contributed by atoms with E-state index in [4.69, 9.17) is 4.74 Å². The number of Topliss-reactive ketones (excluding diaryl/α,β-unsaturated/α-hetero) is 1. The van der Waals surface area contributed by atoms with E-state index in [0.717, 1.165) is 38.3 Å². The first-order valence-electron chi connectivity index (χ1n) is 12.9. The Bertz CT molecular complexity index is 1340. The van der Waals surface area contributed by atoms with Crippen LogP contribution in [0.4, 0.5) is 14.5 Å². The number of nitrogens with zero attached hydrogens (tertiary/aromatic N) is 2. The molecule has 1 aromatic carbocycles. The summed E-state index contributed by atoms with van der Waals surface area (Å²) in [6.07, 6.45) is 5.92. The monoisotopic (exact) mass is 515 g/mol. The number of ketones is 1. The number of halogens is 2. The molecule has 1 saturated carbocycles. The Labute approximate surface area is 212 Å². The van der Waals surface area contributed by atoms with Crippen LogP contribution in [0, 0.1) is 5.82 Å². The lowest BCUT2D eigenvalue weighted by molar-refractivity contribution is -0.120. The molecule has 1 aromatic heterocycles. The first kappa shape index (κ1) is 25.4. The summed E-state index contributed by atoms with van der Waals surface area (Å²) < 4.78 is 38.1. The van der Waals surface area contributed by atoms with E-state index >= 15 is 8.78 Å². The average Bonchev–Trinajstić information content (AvgIpc) is 3.59. The Morgan fingerprint density at radius 3 is 2.65 bits per heavy atom. The lowest BCUT2D eigenvalue weighted by Crippen LogP contribution is -2.33. The normalized spacial score (nSPS) is 21.4. The maximum atomic E-state index is 15.6. The lowest BCUT2D eigenvalue weighted by Gasteiger charge is -2.33. The van der Waals surface area contributed by atoms with Gasteiger partial charge in [0, 0.05) is 38.2 Å². The zero-order valence-corrected chi connectivity index (χ0v) is 20.8. The molecule has 2 aliphatic heterocycles. The van der Waals surface area contributed by atoms with Crippen molar-refractivity contribution >= 4 is 28.3 Å². The number of hydrogen-bond acceptors (Lipinski definition) is 6. The van der Waals surface area contributed by atoms with Crippen molar-refractivity contribution in [3.63, 3.8) is 0 Å². The highest BCUT2D eigenvalue weighted by Gasteiger charge is 2.32. The van der Waals surface area contributed by atoms with Gasteiger partial charge in [0.25, 0.3) is 0 Å². The molecule has 8 nitrogen and oxygen atoms in total. The van der Waals surface area contributed by atoms with Crippen LogP contribution in [0.3, 0.4) is 0 Å². The molecule has 10 heteroatoms. The van der Waals surface area contributed by atoms with E-state index in [0.29, 0.717) is 30.5 Å². The van der Waals surface area contributed by atoms with Gasteiger partial charge in [-0.25, -0.2) is 13.6 Å². The number of fused-ring (bicyclic) bond motifs is 1. The Morgan fingerprint density at radius 2 is 2.00 bits per heavy atom. The highest BCUT2D eigenvalue weighted by atomic mass is 19.1. The summed E-state index contributed by atoms with van der Waals surface area (Å²) in [5, 5.41) is 12.6. The van der Waals surface area contributed by atoms with Crippen molar-refractivity contribution in [3.05, 3.63) is 45.3 Å². The predicted octanol–water partition coefficient (Wildman–Crippen LogP) is 4.11. The summed E-state index contributed by atoms with van der Waals surface area (Å²) in [6.45, 7) is 1.41. The molecule has 1 aliphatic carbocycles. The Hall–Kier alpha value is -3.27. The summed E-state index contributed by atoms with van der Waals surface area (Å²) in [5.74, 6) is -2.28. The molecule has 2 N–H and O–H groups in total. The minimum absolute atomic E-state index is 0.00503. The number of carbonyl (C=O) groups excluding carboxylic acids is 1. The second kappa shape index (κ2) is 10.2. The molecule has 0 bridgehead atoms. The molecular formula is C27H31F2N3O5. The summed E-state index contributed by atoms with van der Waals surface area (Å²) >= 11 is 0. The molecule has 0 amide bonds. The third kappa shape index (κ3) is 4.86. The molecule has 0 unspecified atom stereocenters. The van der Waals surface area contributed by atoms with Crippen molar-refractivity contribution < 1.29 is 28.2 Å². The number of allylic oxidation sites excluding steroid dienone is 1. The van der Waals surface area contributed by atoms with E-state index < -0.39 is 22.8 Å². The van der Waals surface area contributed by atoms with Gasteiger partial charge in [-0.3, -0.25) is 9.59 Å². The van der Waals surface area contributed by atoms with Crippen LogP contribution in [0.25, 0.3) is 10.9 Å². The van der Waals surface area contributed by atoms with Crippen molar-refractivity contribution in [3.8, 4) is 5.75 Å².